The number of carbonyl (C=O) groups excluding carboxylic acids is 3. The molecule has 9 nitrogen and oxygen atoms in total. The highest BCUT2D eigenvalue weighted by Crippen LogP contribution is 2.18. The van der Waals surface area contributed by atoms with Crippen molar-refractivity contribution in [3.05, 3.63) is 60.2 Å². The van der Waals surface area contributed by atoms with Crippen LogP contribution < -0.4 is 20.9 Å². The van der Waals surface area contributed by atoms with Crippen molar-refractivity contribution in [2.24, 2.45) is 0 Å². The average molecular weight is 500 g/mol. The second-order valence-electron chi connectivity index (χ2n) is 8.45. The van der Waals surface area contributed by atoms with E-state index >= 15 is 0 Å². The van der Waals surface area contributed by atoms with E-state index in [1.54, 1.807) is 11.5 Å². The summed E-state index contributed by atoms with van der Waals surface area (Å²) in [6.07, 6.45) is 5.00. The van der Waals surface area contributed by atoms with E-state index in [4.69, 9.17) is 14.7 Å². The van der Waals surface area contributed by atoms with E-state index in [-0.39, 0.29) is 24.2 Å². The van der Waals surface area contributed by atoms with Crippen LogP contribution >= 0.6 is 0 Å². The summed E-state index contributed by atoms with van der Waals surface area (Å²) >= 11 is 0. The molecule has 36 heavy (non-hydrogen) atoms. The number of benzene rings is 2. The normalized spacial score (nSPS) is 11.4. The van der Waals surface area contributed by atoms with Gasteiger partial charge in [-0.2, -0.15) is 0 Å². The summed E-state index contributed by atoms with van der Waals surface area (Å²) in [6.45, 7) is 1.05. The molecule has 0 radical (unpaired) electrons. The molecule has 0 aliphatic carbocycles. The van der Waals surface area contributed by atoms with Crippen molar-refractivity contribution in [1.82, 2.24) is 10.8 Å². The molecule has 0 heterocycles. The number of hydroxylamine groups is 1. The molecule has 2 rings (SSSR count). The van der Waals surface area contributed by atoms with Crippen molar-refractivity contribution in [2.75, 3.05) is 25.6 Å². The van der Waals surface area contributed by atoms with E-state index in [0.29, 0.717) is 50.3 Å². The van der Waals surface area contributed by atoms with Crippen LogP contribution in [0, 0.1) is 0 Å². The Morgan fingerprint density at radius 1 is 0.889 bits per heavy atom. The highest BCUT2D eigenvalue weighted by Gasteiger charge is 2.18. The second kappa shape index (κ2) is 17.1. The highest BCUT2D eigenvalue weighted by molar-refractivity contribution is 5.90. The number of ether oxygens (including phenoxy) is 2. The Morgan fingerprint density at radius 2 is 1.61 bits per heavy atom. The molecule has 2 aromatic carbocycles. The quantitative estimate of drug-likeness (QED) is 0.113. The largest absolute Gasteiger partial charge is 0.493 e. The maximum absolute atomic E-state index is 12.2. The van der Waals surface area contributed by atoms with E-state index in [0.717, 1.165) is 24.8 Å². The first-order valence-electron chi connectivity index (χ1n) is 12.3. The Labute approximate surface area is 212 Å². The molecule has 0 saturated carbocycles. The van der Waals surface area contributed by atoms with Crippen molar-refractivity contribution in [1.29, 1.82) is 0 Å². The van der Waals surface area contributed by atoms with Crippen molar-refractivity contribution in [3.63, 3.8) is 0 Å². The minimum absolute atomic E-state index is 0.0725. The van der Waals surface area contributed by atoms with Crippen molar-refractivity contribution < 1.29 is 29.1 Å². The van der Waals surface area contributed by atoms with Gasteiger partial charge >= 0.3 is 5.97 Å². The molecule has 1 atom stereocenters. The smallest absolute Gasteiger partial charge is 0.323 e. The minimum Gasteiger partial charge on any atom is -0.493 e. The zero-order chi connectivity index (χ0) is 26.0. The number of methoxy groups -OCH3 is 1. The molecular weight excluding hydrogens is 462 g/mol. The van der Waals surface area contributed by atoms with Crippen LogP contribution in [0.15, 0.2) is 54.6 Å². The lowest BCUT2D eigenvalue weighted by Gasteiger charge is -2.17. The number of unbranched alkanes of at least 4 members (excludes halogenated alkanes) is 3. The lowest BCUT2D eigenvalue weighted by atomic mass is 10.1. The number of anilines is 1. The lowest BCUT2D eigenvalue weighted by Crippen LogP contribution is -2.40. The number of carbonyl (C=O) groups is 3. The summed E-state index contributed by atoms with van der Waals surface area (Å²) < 4.78 is 10.7. The molecule has 196 valence electrons. The molecule has 2 amide bonds. The summed E-state index contributed by atoms with van der Waals surface area (Å²) in [6, 6.07) is 16.6. The van der Waals surface area contributed by atoms with Crippen LogP contribution in [-0.4, -0.2) is 49.3 Å². The van der Waals surface area contributed by atoms with E-state index in [1.165, 1.54) is 7.11 Å². The Kier molecular flexibility index (Phi) is 13.7. The predicted octanol–water partition coefficient (Wildman–Crippen LogP) is 3.61. The minimum atomic E-state index is -0.420. The van der Waals surface area contributed by atoms with E-state index < -0.39 is 6.04 Å². The number of hydrogen-bond acceptors (Lipinski definition) is 7. The third kappa shape index (κ3) is 11.8. The van der Waals surface area contributed by atoms with Crippen LogP contribution in [0.5, 0.6) is 5.75 Å². The first-order valence-corrected chi connectivity index (χ1v) is 12.3. The van der Waals surface area contributed by atoms with Crippen LogP contribution in [0.4, 0.5) is 5.69 Å². The van der Waals surface area contributed by atoms with Crippen LogP contribution in [0.3, 0.4) is 0 Å². The molecule has 0 bridgehead atoms. The molecule has 2 aromatic rings. The van der Waals surface area contributed by atoms with Crippen molar-refractivity contribution >= 4 is 23.5 Å². The van der Waals surface area contributed by atoms with Gasteiger partial charge in [0.2, 0.25) is 11.8 Å². The lowest BCUT2D eigenvalue weighted by molar-refractivity contribution is -0.143. The zero-order valence-corrected chi connectivity index (χ0v) is 20.8. The number of hydrogen-bond donors (Lipinski definition) is 4. The van der Waals surface area contributed by atoms with Gasteiger partial charge < -0.3 is 20.1 Å². The first-order chi connectivity index (χ1) is 17.5. The van der Waals surface area contributed by atoms with Crippen LogP contribution in [-0.2, 0) is 25.5 Å². The zero-order valence-electron chi connectivity index (χ0n) is 20.8. The van der Waals surface area contributed by atoms with Gasteiger partial charge in [-0.3, -0.25) is 19.6 Å². The number of esters is 1. The second-order valence-corrected chi connectivity index (χ2v) is 8.45. The molecule has 0 aliphatic heterocycles. The number of nitrogens with one attached hydrogen (secondary N) is 3. The first kappa shape index (κ1) is 28.8. The molecule has 9 heteroatoms. The van der Waals surface area contributed by atoms with Crippen LogP contribution in [0.2, 0.25) is 0 Å². The molecule has 0 fully saturated rings. The summed E-state index contributed by atoms with van der Waals surface area (Å²) in [5, 5.41) is 14.6. The Balaban J connectivity index is 1.65. The molecule has 0 saturated heterocycles. The van der Waals surface area contributed by atoms with Gasteiger partial charge in [0.05, 0.1) is 13.7 Å². The summed E-state index contributed by atoms with van der Waals surface area (Å²) in [7, 11) is 1.39. The maximum atomic E-state index is 12.2. The monoisotopic (exact) mass is 499 g/mol. The van der Waals surface area contributed by atoms with Gasteiger partial charge in [0.1, 0.15) is 11.8 Å². The highest BCUT2D eigenvalue weighted by atomic mass is 16.5. The summed E-state index contributed by atoms with van der Waals surface area (Å²) in [4.78, 5) is 35.2. The SMILES string of the molecule is COC(=O)[C@H](Cc1ccccc1)NCCCOc1cccc(NC(=O)CCCCCCC(=O)NO)c1. The van der Waals surface area contributed by atoms with Gasteiger partial charge in [0, 0.05) is 24.6 Å². The van der Waals surface area contributed by atoms with Gasteiger partial charge in [-0.15, -0.1) is 0 Å². The fourth-order valence-corrected chi connectivity index (χ4v) is 3.64. The Bertz CT molecular complexity index is 938. The molecule has 0 spiro atoms. The van der Waals surface area contributed by atoms with Crippen molar-refractivity contribution in [3.8, 4) is 5.75 Å². The van der Waals surface area contributed by atoms with Gasteiger partial charge in [0.15, 0.2) is 0 Å². The van der Waals surface area contributed by atoms with E-state index in [9.17, 15) is 14.4 Å². The molecule has 4 N–H and O–H groups in total. The summed E-state index contributed by atoms with van der Waals surface area (Å²) in [5.74, 6) is -0.0997. The average Bonchev–Trinajstić information content (AvgIpc) is 2.90. The summed E-state index contributed by atoms with van der Waals surface area (Å²) in [5.41, 5.74) is 3.34. The standard InChI is InChI=1S/C27H37N3O6/c1-35-27(33)24(19-21-11-5-4-6-12-21)28-17-10-18-36-23-14-9-13-22(20-23)29-25(31)15-7-2-3-8-16-26(32)30-34/h4-6,9,11-14,20,24,28,34H,2-3,7-8,10,15-19H2,1H3,(H,29,31)(H,30,32)/t24-/m0/s1. The van der Waals surface area contributed by atoms with Gasteiger partial charge in [-0.05, 0) is 49.9 Å². The van der Waals surface area contributed by atoms with Crippen LogP contribution in [0.25, 0.3) is 0 Å². The fraction of sp³-hybridized carbons (Fsp3) is 0.444. The number of rotatable bonds is 17. The van der Waals surface area contributed by atoms with Gasteiger partial charge in [0.25, 0.3) is 0 Å². The Hall–Kier alpha value is -3.43. The molecule has 0 aromatic heterocycles. The van der Waals surface area contributed by atoms with Gasteiger partial charge in [-0.25, -0.2) is 5.48 Å². The van der Waals surface area contributed by atoms with E-state index in [2.05, 4.69) is 10.6 Å². The fourth-order valence-electron chi connectivity index (χ4n) is 3.64. The maximum Gasteiger partial charge on any atom is 0.323 e. The van der Waals surface area contributed by atoms with E-state index in [1.807, 2.05) is 48.5 Å². The third-order valence-corrected chi connectivity index (χ3v) is 5.55. The van der Waals surface area contributed by atoms with Gasteiger partial charge in [-0.1, -0.05) is 49.2 Å². The number of amides is 2. The predicted molar refractivity (Wildman–Crippen MR) is 137 cm³/mol. The van der Waals surface area contributed by atoms with Crippen molar-refractivity contribution in [2.45, 2.75) is 57.4 Å². The topological polar surface area (TPSA) is 126 Å². The molecular formula is C27H37N3O6. The Morgan fingerprint density at radius 3 is 2.31 bits per heavy atom. The molecule has 0 aliphatic rings. The van der Waals surface area contributed by atoms with Crippen LogP contribution in [0.1, 0.15) is 50.5 Å². The third-order valence-electron chi connectivity index (χ3n) is 5.55. The molecule has 0 unspecified atom stereocenters.